The summed E-state index contributed by atoms with van der Waals surface area (Å²) in [5, 5.41) is 21.6. The molecule has 0 aliphatic rings. The first-order chi connectivity index (χ1) is 29.2. The molecule has 0 spiro atoms. The largest absolute Gasteiger partial charge is 0.455 e. The van der Waals surface area contributed by atoms with Crippen molar-refractivity contribution in [1.82, 2.24) is 9.55 Å². The van der Waals surface area contributed by atoms with E-state index in [1.807, 2.05) is 48.5 Å². The van der Waals surface area contributed by atoms with Crippen molar-refractivity contribution in [2.24, 2.45) is 0 Å². The van der Waals surface area contributed by atoms with E-state index in [0.717, 1.165) is 126 Å². The van der Waals surface area contributed by atoms with Gasteiger partial charge in [-0.15, -0.1) is 0 Å². The van der Waals surface area contributed by atoms with Crippen LogP contribution in [0.15, 0.2) is 185 Å². The van der Waals surface area contributed by atoms with Crippen molar-refractivity contribution < 1.29 is 8.83 Å². The quantitative estimate of drug-likeness (QED) is 0.169. The maximum Gasteiger partial charge on any atom is 0.161 e. The van der Waals surface area contributed by atoms with Crippen LogP contribution in [-0.4, -0.2) is 9.55 Å². The summed E-state index contributed by atoms with van der Waals surface area (Å²) in [4.78, 5) is 5.66. The van der Waals surface area contributed by atoms with Gasteiger partial charge in [-0.05, 0) is 93.3 Å². The first-order valence-electron chi connectivity index (χ1n) is 19.8. The van der Waals surface area contributed by atoms with Gasteiger partial charge in [0, 0.05) is 43.6 Å². The Morgan fingerprint density at radius 1 is 0.441 bits per heavy atom. The fourth-order valence-corrected chi connectivity index (χ4v) is 9.68. The van der Waals surface area contributed by atoms with E-state index >= 15 is 0 Å². The topological polar surface area (TPSA) is 67.9 Å². The fourth-order valence-electron chi connectivity index (χ4n) is 9.68. The number of para-hydroxylation sites is 3. The number of aromatic nitrogens is 2. The van der Waals surface area contributed by atoms with E-state index in [2.05, 4.69) is 138 Å². The second kappa shape index (κ2) is 11.9. The minimum absolute atomic E-state index is 0.633. The SMILES string of the molecule is N#Cc1ccc2c3cc(-c4c5ccccc5c(-c5nc6c(ccc7c8ccccc8oc76)c6oc7ccccc7c56)c5ccccc45)ccc3n(-c3ccccc3)c2c1. The molecule has 0 fully saturated rings. The molecule has 0 bridgehead atoms. The third-order valence-electron chi connectivity index (χ3n) is 12.2. The number of fused-ring (bicyclic) bond motifs is 14. The van der Waals surface area contributed by atoms with E-state index in [1.165, 1.54) is 0 Å². The van der Waals surface area contributed by atoms with Gasteiger partial charge in [0.15, 0.2) is 5.58 Å². The van der Waals surface area contributed by atoms with Crippen LogP contribution in [0.1, 0.15) is 5.56 Å². The molecule has 0 N–H and O–H groups in total. The molecule has 0 saturated heterocycles. The molecule has 0 aliphatic heterocycles. The van der Waals surface area contributed by atoms with Gasteiger partial charge in [-0.1, -0.05) is 115 Å². The van der Waals surface area contributed by atoms with Gasteiger partial charge in [0.05, 0.1) is 33.7 Å². The summed E-state index contributed by atoms with van der Waals surface area (Å²) >= 11 is 0. The summed E-state index contributed by atoms with van der Waals surface area (Å²) in [5.41, 5.74) is 11.9. The van der Waals surface area contributed by atoms with Crippen molar-refractivity contribution in [1.29, 1.82) is 5.26 Å². The zero-order chi connectivity index (χ0) is 38.8. The molecule has 4 heterocycles. The van der Waals surface area contributed by atoms with Gasteiger partial charge >= 0.3 is 0 Å². The van der Waals surface area contributed by atoms with Crippen LogP contribution in [0.25, 0.3) is 126 Å². The number of nitrogens with zero attached hydrogens (tertiary/aromatic N) is 3. The smallest absolute Gasteiger partial charge is 0.161 e. The van der Waals surface area contributed by atoms with Crippen LogP contribution in [0.4, 0.5) is 0 Å². The van der Waals surface area contributed by atoms with Crippen LogP contribution in [0.2, 0.25) is 0 Å². The van der Waals surface area contributed by atoms with Gasteiger partial charge in [-0.3, -0.25) is 0 Å². The van der Waals surface area contributed by atoms with Gasteiger partial charge < -0.3 is 13.4 Å². The summed E-state index contributed by atoms with van der Waals surface area (Å²) < 4.78 is 15.7. The highest BCUT2D eigenvalue weighted by Gasteiger charge is 2.25. The molecule has 272 valence electrons. The summed E-state index contributed by atoms with van der Waals surface area (Å²) in [5.74, 6) is 0. The number of pyridine rings is 1. The van der Waals surface area contributed by atoms with E-state index in [0.29, 0.717) is 5.56 Å². The lowest BCUT2D eigenvalue weighted by atomic mass is 9.86. The van der Waals surface area contributed by atoms with E-state index in [1.54, 1.807) is 0 Å². The van der Waals surface area contributed by atoms with E-state index in [4.69, 9.17) is 13.8 Å². The van der Waals surface area contributed by atoms with Crippen molar-refractivity contribution >= 4 is 98.1 Å². The third kappa shape index (κ3) is 4.40. The van der Waals surface area contributed by atoms with Gasteiger partial charge in [0.25, 0.3) is 0 Å². The average Bonchev–Trinajstić information content (AvgIpc) is 3.98. The second-order valence-electron chi connectivity index (χ2n) is 15.3. The van der Waals surface area contributed by atoms with Gasteiger partial charge in [-0.25, -0.2) is 4.98 Å². The molecule has 13 rings (SSSR count). The Bertz CT molecular complexity index is 3920. The molecular weight excluding hydrogens is 723 g/mol. The lowest BCUT2D eigenvalue weighted by Gasteiger charge is -2.18. The number of furan rings is 2. The molecule has 59 heavy (non-hydrogen) atoms. The molecular formula is C54H29N3O2. The first-order valence-corrected chi connectivity index (χ1v) is 19.8. The summed E-state index contributed by atoms with van der Waals surface area (Å²) in [7, 11) is 0. The van der Waals surface area contributed by atoms with Crippen LogP contribution in [0, 0.1) is 11.3 Å². The van der Waals surface area contributed by atoms with Gasteiger partial charge in [0.2, 0.25) is 0 Å². The fraction of sp³-hybridized carbons (Fsp3) is 0. The van der Waals surface area contributed by atoms with Crippen LogP contribution in [0.3, 0.4) is 0 Å². The molecule has 0 unspecified atom stereocenters. The first kappa shape index (κ1) is 31.9. The Balaban J connectivity index is 1.15. The highest BCUT2D eigenvalue weighted by atomic mass is 16.3. The molecule has 4 aromatic heterocycles. The molecule has 9 aromatic carbocycles. The standard InChI is InChI=1S/C54H29N3O2/c55-30-31-22-24-34-43-29-32(23-27-44(43)57(45(34)28-31)33-12-2-1-3-13-33)48-36-15-4-6-17-38(36)49(39-18-7-5-16-37(39)48)52-50-41-19-9-11-21-47(41)58-53(50)42-26-25-40-35-14-8-10-20-46(35)59-54(40)51(42)56-52/h1-29H. The number of benzene rings is 9. The lowest BCUT2D eigenvalue weighted by molar-refractivity contribution is 0.668. The average molecular weight is 752 g/mol. The summed E-state index contributed by atoms with van der Waals surface area (Å²) in [6.07, 6.45) is 0. The van der Waals surface area contributed by atoms with E-state index in [9.17, 15) is 5.26 Å². The third-order valence-corrected chi connectivity index (χ3v) is 12.2. The van der Waals surface area contributed by atoms with Crippen LogP contribution < -0.4 is 0 Å². The van der Waals surface area contributed by atoms with E-state index < -0.39 is 0 Å². The molecule has 13 aromatic rings. The van der Waals surface area contributed by atoms with Crippen molar-refractivity contribution in [3.05, 3.63) is 181 Å². The number of rotatable bonds is 3. The highest BCUT2D eigenvalue weighted by Crippen LogP contribution is 2.49. The zero-order valence-corrected chi connectivity index (χ0v) is 31.4. The van der Waals surface area contributed by atoms with Crippen LogP contribution in [0.5, 0.6) is 0 Å². The van der Waals surface area contributed by atoms with Crippen molar-refractivity contribution in [2.45, 2.75) is 0 Å². The maximum atomic E-state index is 9.89. The molecule has 5 nitrogen and oxygen atoms in total. The highest BCUT2D eigenvalue weighted by molar-refractivity contribution is 6.29. The normalized spacial score (nSPS) is 12.1. The zero-order valence-electron chi connectivity index (χ0n) is 31.4. The molecule has 0 radical (unpaired) electrons. The molecule has 0 aliphatic carbocycles. The number of nitriles is 1. The Hall–Kier alpha value is -8.20. The van der Waals surface area contributed by atoms with Crippen molar-refractivity contribution in [3.63, 3.8) is 0 Å². The molecule has 0 amide bonds. The number of hydrogen-bond acceptors (Lipinski definition) is 4. The Labute approximate surface area is 336 Å². The number of hydrogen-bond donors (Lipinski definition) is 0. The predicted molar refractivity (Wildman–Crippen MR) is 241 cm³/mol. The summed E-state index contributed by atoms with van der Waals surface area (Å²) in [6, 6.07) is 63.7. The minimum Gasteiger partial charge on any atom is -0.455 e. The maximum absolute atomic E-state index is 9.89. The summed E-state index contributed by atoms with van der Waals surface area (Å²) in [6.45, 7) is 0. The predicted octanol–water partition coefficient (Wildman–Crippen LogP) is 14.6. The molecule has 5 heteroatoms. The van der Waals surface area contributed by atoms with Crippen molar-refractivity contribution in [3.8, 4) is 34.1 Å². The lowest BCUT2D eigenvalue weighted by Crippen LogP contribution is -1.95. The Morgan fingerprint density at radius 2 is 1.03 bits per heavy atom. The molecule has 0 saturated carbocycles. The minimum atomic E-state index is 0.633. The van der Waals surface area contributed by atoms with Crippen LogP contribution >= 0.6 is 0 Å². The van der Waals surface area contributed by atoms with Gasteiger partial charge in [0.1, 0.15) is 22.3 Å². The monoisotopic (exact) mass is 751 g/mol. The Morgan fingerprint density at radius 3 is 1.76 bits per heavy atom. The second-order valence-corrected chi connectivity index (χ2v) is 15.3. The Kier molecular flexibility index (Phi) is 6.45. The van der Waals surface area contributed by atoms with Crippen LogP contribution in [-0.2, 0) is 0 Å². The van der Waals surface area contributed by atoms with Gasteiger partial charge in [-0.2, -0.15) is 5.26 Å². The molecule has 0 atom stereocenters. The van der Waals surface area contributed by atoms with E-state index in [-0.39, 0.29) is 0 Å². The van der Waals surface area contributed by atoms with Crippen molar-refractivity contribution in [2.75, 3.05) is 0 Å².